The molecule has 0 aromatic rings. The molecule has 0 spiro atoms. The first-order valence-electron chi connectivity index (χ1n) is 35.6. The summed E-state index contributed by atoms with van der Waals surface area (Å²) in [5.74, 6) is -0.883. The zero-order chi connectivity index (χ0) is 57.8. The normalized spacial score (nSPS) is 12.3. The molecule has 0 rings (SSSR count). The van der Waals surface area contributed by atoms with Crippen LogP contribution in [-0.4, -0.2) is 37.2 Å². The van der Waals surface area contributed by atoms with Gasteiger partial charge in [-0.15, -0.1) is 0 Å². The highest BCUT2D eigenvalue weighted by molar-refractivity contribution is 5.71. The molecule has 0 radical (unpaired) electrons. The van der Waals surface area contributed by atoms with E-state index in [1.807, 2.05) is 0 Å². The van der Waals surface area contributed by atoms with Gasteiger partial charge in [-0.2, -0.15) is 0 Å². The van der Waals surface area contributed by atoms with E-state index in [0.717, 1.165) is 83.5 Å². The molecule has 0 aromatic heterocycles. The fraction of sp³-hybridized carbons (Fsp3) is 0.851. The number of unbranched alkanes of at least 4 members (excludes halogenated alkanes) is 47. The van der Waals surface area contributed by atoms with Crippen molar-refractivity contribution in [2.24, 2.45) is 0 Å². The minimum absolute atomic E-state index is 0.0783. The molecule has 0 saturated heterocycles. The van der Waals surface area contributed by atoms with Gasteiger partial charge in [0, 0.05) is 19.3 Å². The predicted molar refractivity (Wildman–Crippen MR) is 349 cm³/mol. The van der Waals surface area contributed by atoms with Crippen LogP contribution in [0.1, 0.15) is 387 Å². The van der Waals surface area contributed by atoms with Crippen LogP contribution >= 0.6 is 0 Å². The molecular weight excluding hydrogens is 985 g/mol. The average molecular weight is 1120 g/mol. The SMILES string of the molecule is CC/C=C\C/C=C\C/C=C\CCCCCC(=O)OCC(COC(=O)CCCCCCCCCCCCCCC/C=C\CCCCCCCCCC)OC(=O)CCCCCCCCCCCCCCCCCCCCCCCCCC. The highest BCUT2D eigenvalue weighted by Crippen LogP contribution is 2.19. The second kappa shape index (κ2) is 68.9. The van der Waals surface area contributed by atoms with Gasteiger partial charge in [-0.25, -0.2) is 0 Å². The van der Waals surface area contributed by atoms with Crippen LogP contribution in [-0.2, 0) is 28.6 Å². The largest absolute Gasteiger partial charge is 0.462 e. The molecule has 0 amide bonds. The van der Waals surface area contributed by atoms with Gasteiger partial charge in [0.2, 0.25) is 0 Å². The van der Waals surface area contributed by atoms with Crippen molar-refractivity contribution in [3.63, 3.8) is 0 Å². The average Bonchev–Trinajstić information content (AvgIpc) is 3.46. The van der Waals surface area contributed by atoms with Gasteiger partial charge in [-0.3, -0.25) is 14.4 Å². The summed E-state index contributed by atoms with van der Waals surface area (Å²) in [5, 5.41) is 0. The third-order valence-corrected chi connectivity index (χ3v) is 16.1. The van der Waals surface area contributed by atoms with Gasteiger partial charge >= 0.3 is 17.9 Å². The second-order valence-corrected chi connectivity index (χ2v) is 24.1. The summed E-state index contributed by atoms with van der Waals surface area (Å²) in [5.41, 5.74) is 0. The number of hydrogen-bond acceptors (Lipinski definition) is 6. The molecule has 0 saturated carbocycles. The van der Waals surface area contributed by atoms with E-state index in [0.29, 0.717) is 19.3 Å². The molecule has 80 heavy (non-hydrogen) atoms. The van der Waals surface area contributed by atoms with Crippen molar-refractivity contribution in [3.8, 4) is 0 Å². The maximum atomic E-state index is 13.0. The van der Waals surface area contributed by atoms with E-state index in [1.165, 1.54) is 263 Å². The standard InChI is InChI=1S/C74H136O6/c1-4-7-10-13-16-19-22-25-27-29-31-33-35-37-39-40-42-44-46-49-52-55-58-61-64-67-73(76)79-70-71(69-78-72(75)66-63-60-57-54-51-48-24-21-18-15-12-9-6-3)80-74(77)68-65-62-59-56-53-50-47-45-43-41-38-36-34-32-30-28-26-23-20-17-14-11-8-5-2/h9,12,18,21,29,31,48,51,71H,4-8,10-11,13-17,19-20,22-28,30,32-47,49-50,52-70H2,1-3H3/b12-9-,21-18-,31-29-,51-48-. The van der Waals surface area contributed by atoms with Crippen molar-refractivity contribution in [1.29, 1.82) is 0 Å². The second-order valence-electron chi connectivity index (χ2n) is 24.1. The molecule has 1 unspecified atom stereocenters. The van der Waals surface area contributed by atoms with Crippen LogP contribution in [0.25, 0.3) is 0 Å². The van der Waals surface area contributed by atoms with Crippen molar-refractivity contribution in [1.82, 2.24) is 0 Å². The van der Waals surface area contributed by atoms with Crippen molar-refractivity contribution in [3.05, 3.63) is 48.6 Å². The minimum Gasteiger partial charge on any atom is -0.462 e. The Balaban J connectivity index is 4.23. The van der Waals surface area contributed by atoms with Crippen LogP contribution in [0.15, 0.2) is 48.6 Å². The Morgan fingerprint density at radius 3 is 0.787 bits per heavy atom. The van der Waals surface area contributed by atoms with Crippen LogP contribution in [0.5, 0.6) is 0 Å². The molecule has 0 aliphatic carbocycles. The van der Waals surface area contributed by atoms with Gasteiger partial charge < -0.3 is 14.2 Å². The molecule has 1 atom stereocenters. The predicted octanol–water partition coefficient (Wildman–Crippen LogP) is 24.5. The Morgan fingerprint density at radius 2 is 0.487 bits per heavy atom. The van der Waals surface area contributed by atoms with Crippen LogP contribution in [0.3, 0.4) is 0 Å². The number of allylic oxidation sites excluding steroid dienone is 8. The van der Waals surface area contributed by atoms with Crippen molar-refractivity contribution in [2.75, 3.05) is 13.2 Å². The van der Waals surface area contributed by atoms with Gasteiger partial charge in [0.1, 0.15) is 13.2 Å². The first kappa shape index (κ1) is 77.4. The molecular formula is C74H136O6. The molecule has 0 aromatic carbocycles. The van der Waals surface area contributed by atoms with E-state index in [-0.39, 0.29) is 31.1 Å². The van der Waals surface area contributed by atoms with E-state index in [4.69, 9.17) is 14.2 Å². The summed E-state index contributed by atoms with van der Waals surface area (Å²) in [6.45, 7) is 6.57. The molecule has 0 aliphatic heterocycles. The molecule has 6 heteroatoms. The number of hydrogen-bond donors (Lipinski definition) is 0. The smallest absolute Gasteiger partial charge is 0.306 e. The maximum absolute atomic E-state index is 13.0. The highest BCUT2D eigenvalue weighted by atomic mass is 16.6. The van der Waals surface area contributed by atoms with E-state index >= 15 is 0 Å². The van der Waals surface area contributed by atoms with E-state index in [1.54, 1.807) is 0 Å². The Hall–Kier alpha value is -2.63. The maximum Gasteiger partial charge on any atom is 0.306 e. The van der Waals surface area contributed by atoms with Gasteiger partial charge in [-0.05, 0) is 77.0 Å². The molecule has 0 aliphatic rings. The number of rotatable bonds is 66. The Labute approximate surface area is 498 Å². The van der Waals surface area contributed by atoms with Crippen LogP contribution in [0, 0.1) is 0 Å². The zero-order valence-electron chi connectivity index (χ0n) is 53.9. The number of carbonyl (C=O) groups excluding carboxylic acids is 3. The van der Waals surface area contributed by atoms with E-state index in [9.17, 15) is 14.4 Å². The highest BCUT2D eigenvalue weighted by Gasteiger charge is 2.19. The number of ether oxygens (including phenoxy) is 3. The number of carbonyl (C=O) groups is 3. The molecule has 0 fully saturated rings. The lowest BCUT2D eigenvalue weighted by Gasteiger charge is -2.18. The van der Waals surface area contributed by atoms with Crippen LogP contribution in [0.2, 0.25) is 0 Å². The van der Waals surface area contributed by atoms with Gasteiger partial charge in [-0.1, -0.05) is 339 Å². The third kappa shape index (κ3) is 66.2. The van der Waals surface area contributed by atoms with E-state index in [2.05, 4.69) is 69.4 Å². The van der Waals surface area contributed by atoms with Crippen molar-refractivity contribution in [2.45, 2.75) is 393 Å². The molecule has 468 valence electrons. The fourth-order valence-corrected chi connectivity index (χ4v) is 10.8. The summed E-state index contributed by atoms with van der Waals surface area (Å²) in [7, 11) is 0. The van der Waals surface area contributed by atoms with Gasteiger partial charge in [0.15, 0.2) is 6.10 Å². The summed E-state index contributed by atoms with van der Waals surface area (Å²) < 4.78 is 17.0. The van der Waals surface area contributed by atoms with Crippen molar-refractivity contribution >= 4 is 17.9 Å². The Kier molecular flexibility index (Phi) is 66.6. The molecule has 0 heterocycles. The lowest BCUT2D eigenvalue weighted by Crippen LogP contribution is -2.30. The van der Waals surface area contributed by atoms with E-state index < -0.39 is 6.10 Å². The van der Waals surface area contributed by atoms with Gasteiger partial charge in [0.05, 0.1) is 0 Å². The monoisotopic (exact) mass is 1120 g/mol. The summed E-state index contributed by atoms with van der Waals surface area (Å²) in [6, 6.07) is 0. The Morgan fingerprint density at radius 1 is 0.263 bits per heavy atom. The lowest BCUT2D eigenvalue weighted by molar-refractivity contribution is -0.167. The number of esters is 3. The quantitative estimate of drug-likeness (QED) is 0.0261. The lowest BCUT2D eigenvalue weighted by atomic mass is 10.0. The third-order valence-electron chi connectivity index (χ3n) is 16.1. The molecule has 0 bridgehead atoms. The summed E-state index contributed by atoms with van der Waals surface area (Å²) in [4.78, 5) is 38.4. The van der Waals surface area contributed by atoms with Crippen LogP contribution < -0.4 is 0 Å². The first-order valence-corrected chi connectivity index (χ1v) is 35.6. The Bertz CT molecular complexity index is 1380. The topological polar surface area (TPSA) is 78.9 Å². The zero-order valence-corrected chi connectivity index (χ0v) is 53.9. The summed E-state index contributed by atoms with van der Waals surface area (Å²) in [6.07, 6.45) is 87.3. The van der Waals surface area contributed by atoms with Gasteiger partial charge in [0.25, 0.3) is 0 Å². The first-order chi connectivity index (χ1) is 39.5. The minimum atomic E-state index is -0.784. The molecule has 0 N–H and O–H groups in total. The summed E-state index contributed by atoms with van der Waals surface area (Å²) >= 11 is 0. The molecule has 6 nitrogen and oxygen atoms in total. The fourth-order valence-electron chi connectivity index (χ4n) is 10.8. The van der Waals surface area contributed by atoms with Crippen LogP contribution in [0.4, 0.5) is 0 Å². The van der Waals surface area contributed by atoms with Crippen molar-refractivity contribution < 1.29 is 28.6 Å².